The Hall–Kier alpha value is -2.65. The van der Waals surface area contributed by atoms with Crippen LogP contribution in [0.1, 0.15) is 12.5 Å². The van der Waals surface area contributed by atoms with E-state index >= 15 is 0 Å². The molecule has 0 radical (unpaired) electrons. The van der Waals surface area contributed by atoms with E-state index in [1.165, 1.54) is 6.33 Å². The van der Waals surface area contributed by atoms with Crippen LogP contribution in [0, 0.1) is 6.57 Å². The van der Waals surface area contributed by atoms with Gasteiger partial charge in [0.25, 0.3) is 0 Å². The van der Waals surface area contributed by atoms with E-state index < -0.39 is 0 Å². The summed E-state index contributed by atoms with van der Waals surface area (Å²) in [5, 5.41) is 2.67. The minimum absolute atomic E-state index is 0.525. The Morgan fingerprint density at radius 3 is 3.00 bits per heavy atom. The number of allylic oxidation sites excluding steroid dienone is 1. The van der Waals surface area contributed by atoms with Crippen molar-refractivity contribution in [1.29, 1.82) is 0 Å². The lowest BCUT2D eigenvalue weighted by atomic mass is 10.1. The third-order valence-corrected chi connectivity index (χ3v) is 4.46. The van der Waals surface area contributed by atoms with Crippen LogP contribution in [-0.2, 0) is 0 Å². The van der Waals surface area contributed by atoms with Crippen molar-refractivity contribution in [3.63, 3.8) is 0 Å². The molecule has 0 aliphatic heterocycles. The molecular weight excluding hydrogens is 282 g/mol. The summed E-state index contributed by atoms with van der Waals surface area (Å²) in [7, 11) is 1.79. The summed E-state index contributed by atoms with van der Waals surface area (Å²) in [6.07, 6.45) is 3.38. The molecule has 104 valence electrons. The van der Waals surface area contributed by atoms with E-state index in [0.717, 1.165) is 31.4 Å². The van der Waals surface area contributed by atoms with Gasteiger partial charge < -0.3 is 5.73 Å². The van der Waals surface area contributed by atoms with E-state index in [1.54, 1.807) is 23.4 Å². The van der Waals surface area contributed by atoms with E-state index in [4.69, 9.17) is 12.3 Å². The molecule has 2 aromatic heterocycles. The molecule has 2 heterocycles. The Morgan fingerprint density at radius 1 is 1.43 bits per heavy atom. The first kappa shape index (κ1) is 13.3. The van der Waals surface area contributed by atoms with Crippen LogP contribution < -0.4 is 5.73 Å². The quantitative estimate of drug-likeness (QED) is 0.734. The Morgan fingerprint density at radius 2 is 2.24 bits per heavy atom. The smallest absolute Gasteiger partial charge is 0.305 e. The SMILES string of the molecule is C#[N+]N(C)C=C(C)c1ccc2c(c1)sc1c(N)ncnc12. The number of anilines is 1. The summed E-state index contributed by atoms with van der Waals surface area (Å²) in [5.41, 5.74) is 9.01. The molecule has 3 rings (SSSR count). The van der Waals surface area contributed by atoms with Crippen molar-refractivity contribution in [1.82, 2.24) is 15.0 Å². The third-order valence-electron chi connectivity index (χ3n) is 3.30. The summed E-state index contributed by atoms with van der Waals surface area (Å²) in [6, 6.07) is 6.24. The van der Waals surface area contributed by atoms with Gasteiger partial charge in [-0.3, -0.25) is 0 Å². The zero-order valence-corrected chi connectivity index (χ0v) is 12.6. The molecule has 0 bridgehead atoms. The highest BCUT2D eigenvalue weighted by Crippen LogP contribution is 2.36. The molecule has 0 spiro atoms. The van der Waals surface area contributed by atoms with E-state index in [1.807, 2.05) is 13.1 Å². The number of fused-ring (bicyclic) bond motifs is 3. The molecule has 0 aliphatic carbocycles. The summed E-state index contributed by atoms with van der Waals surface area (Å²) in [5.74, 6) is 0.525. The summed E-state index contributed by atoms with van der Waals surface area (Å²) < 4.78 is 2.06. The van der Waals surface area contributed by atoms with Gasteiger partial charge in [0.2, 0.25) is 0 Å². The van der Waals surface area contributed by atoms with Crippen LogP contribution >= 0.6 is 11.3 Å². The number of nitrogen functional groups attached to an aromatic ring is 1. The molecule has 1 aromatic carbocycles. The maximum absolute atomic E-state index is 5.92. The van der Waals surface area contributed by atoms with Crippen molar-refractivity contribution in [2.75, 3.05) is 12.8 Å². The van der Waals surface area contributed by atoms with Crippen LogP contribution in [0.15, 0.2) is 30.7 Å². The summed E-state index contributed by atoms with van der Waals surface area (Å²) in [6.45, 7) is 7.25. The number of hydrogen-bond acceptors (Lipinski definition) is 5. The fraction of sp³-hybridized carbons (Fsp3) is 0.133. The largest absolute Gasteiger partial charge is 0.382 e. The van der Waals surface area contributed by atoms with Gasteiger partial charge in [-0.25, -0.2) is 9.97 Å². The van der Waals surface area contributed by atoms with Crippen LogP contribution in [-0.4, -0.2) is 22.0 Å². The zero-order chi connectivity index (χ0) is 15.0. The fourth-order valence-electron chi connectivity index (χ4n) is 2.23. The second-order valence-electron chi connectivity index (χ2n) is 4.75. The molecule has 21 heavy (non-hydrogen) atoms. The van der Waals surface area contributed by atoms with Gasteiger partial charge in [-0.2, -0.15) is 0 Å². The van der Waals surface area contributed by atoms with Crippen LogP contribution in [0.2, 0.25) is 0 Å². The van der Waals surface area contributed by atoms with Crippen molar-refractivity contribution in [3.8, 4) is 6.57 Å². The number of benzene rings is 1. The molecule has 0 unspecified atom stereocenters. The van der Waals surface area contributed by atoms with Crippen LogP contribution in [0.3, 0.4) is 0 Å². The lowest BCUT2D eigenvalue weighted by molar-refractivity contribution is 0.622. The standard InChI is InChI=1S/C15H14N5S/c1-9(7-20(3)17-2)10-4-5-11-12(6-10)21-14-13(11)18-8-19-15(14)16/h2,4-8H,1,3H3,(H2,16,18,19)/q+1. The molecule has 2 N–H and O–H groups in total. The van der Waals surface area contributed by atoms with Crippen LogP contribution in [0.4, 0.5) is 5.82 Å². The van der Waals surface area contributed by atoms with Crippen molar-refractivity contribution >= 4 is 43.0 Å². The van der Waals surface area contributed by atoms with Crippen LogP contribution in [0.5, 0.6) is 0 Å². The van der Waals surface area contributed by atoms with E-state index in [-0.39, 0.29) is 0 Å². The molecule has 3 aromatic rings. The van der Waals surface area contributed by atoms with Gasteiger partial charge in [-0.15, -0.1) is 11.3 Å². The average Bonchev–Trinajstić information content (AvgIpc) is 2.86. The van der Waals surface area contributed by atoms with E-state index in [0.29, 0.717) is 5.82 Å². The monoisotopic (exact) mass is 296 g/mol. The first-order valence-corrected chi connectivity index (χ1v) is 7.17. The van der Waals surface area contributed by atoms with E-state index in [9.17, 15) is 0 Å². The Labute approximate surface area is 126 Å². The number of rotatable bonds is 2. The molecule has 0 aliphatic rings. The highest BCUT2D eigenvalue weighted by molar-refractivity contribution is 7.26. The molecule has 0 amide bonds. The van der Waals surface area contributed by atoms with Gasteiger partial charge in [0, 0.05) is 10.1 Å². The maximum Gasteiger partial charge on any atom is 0.305 e. The molecule has 5 nitrogen and oxygen atoms in total. The van der Waals surface area contributed by atoms with Gasteiger partial charge in [0.15, 0.2) is 0 Å². The topological polar surface area (TPSA) is 59.4 Å². The van der Waals surface area contributed by atoms with Crippen molar-refractivity contribution in [2.45, 2.75) is 6.92 Å². The molecule has 6 heteroatoms. The number of thiophene rings is 1. The number of hydrogen-bond donors (Lipinski definition) is 1. The van der Waals surface area contributed by atoms with Gasteiger partial charge in [-0.05, 0) is 29.1 Å². The van der Waals surface area contributed by atoms with Crippen molar-refractivity contribution in [2.24, 2.45) is 0 Å². The van der Waals surface area contributed by atoms with Gasteiger partial charge in [-0.1, -0.05) is 12.1 Å². The fourth-order valence-corrected chi connectivity index (χ4v) is 3.32. The molecule has 0 atom stereocenters. The molecule has 0 saturated heterocycles. The van der Waals surface area contributed by atoms with E-state index in [2.05, 4.69) is 33.1 Å². The first-order valence-electron chi connectivity index (χ1n) is 6.35. The Kier molecular flexibility index (Phi) is 3.20. The lowest BCUT2D eigenvalue weighted by Crippen LogP contribution is -1.97. The Balaban J connectivity index is 2.17. The maximum atomic E-state index is 5.92. The number of nitrogens with zero attached hydrogens (tertiary/aromatic N) is 4. The average molecular weight is 296 g/mol. The first-order chi connectivity index (χ1) is 10.1. The highest BCUT2D eigenvalue weighted by atomic mass is 32.1. The van der Waals surface area contributed by atoms with Gasteiger partial charge in [0.05, 0.1) is 28.4 Å². The minimum Gasteiger partial charge on any atom is -0.382 e. The molecule has 0 fully saturated rings. The van der Waals surface area contributed by atoms with Crippen molar-refractivity contribution < 1.29 is 0 Å². The zero-order valence-electron chi connectivity index (χ0n) is 11.7. The highest BCUT2D eigenvalue weighted by Gasteiger charge is 2.10. The summed E-state index contributed by atoms with van der Waals surface area (Å²) >= 11 is 1.61. The van der Waals surface area contributed by atoms with Gasteiger partial charge >= 0.3 is 6.57 Å². The van der Waals surface area contributed by atoms with Gasteiger partial charge in [0.1, 0.15) is 12.1 Å². The number of aromatic nitrogens is 2. The van der Waals surface area contributed by atoms with Crippen molar-refractivity contribution in [3.05, 3.63) is 41.2 Å². The lowest BCUT2D eigenvalue weighted by Gasteiger charge is -2.01. The third kappa shape index (κ3) is 2.28. The normalized spacial score (nSPS) is 11.8. The molecule has 0 saturated carbocycles. The van der Waals surface area contributed by atoms with Crippen LogP contribution in [0.25, 0.3) is 30.8 Å². The number of nitrogens with two attached hydrogens (primary N) is 1. The predicted molar refractivity (Wildman–Crippen MR) is 89.1 cm³/mol. The second-order valence-corrected chi connectivity index (χ2v) is 5.80. The second kappa shape index (κ2) is 5.04. The Bertz CT molecular complexity index is 903. The summed E-state index contributed by atoms with van der Waals surface area (Å²) in [4.78, 5) is 12.0. The minimum atomic E-state index is 0.525. The predicted octanol–water partition coefficient (Wildman–Crippen LogP) is 3.60. The molecular formula is C15H14N5S+.